The monoisotopic (exact) mass is 798 g/mol. The number of imidazole rings is 2. The summed E-state index contributed by atoms with van der Waals surface area (Å²) in [4.78, 5) is 73.4. The molecular weight excluding hydrogens is 749 g/mol. The van der Waals surface area contributed by atoms with Crippen molar-refractivity contribution >= 4 is 23.6 Å². The third kappa shape index (κ3) is 8.96. The Labute approximate surface area is 343 Å². The number of hydrogen-bond acceptors (Lipinski definition) is 8. The second-order valence-corrected chi connectivity index (χ2v) is 16.4. The van der Waals surface area contributed by atoms with Gasteiger partial charge in [0.15, 0.2) is 0 Å². The molecule has 0 spiro atoms. The fraction of sp³-hybridized carbons (Fsp3) is 0.467. The van der Waals surface area contributed by atoms with Crippen LogP contribution in [-0.4, -0.2) is 79.7 Å². The topological polar surface area (TPSA) is 175 Å². The fourth-order valence-electron chi connectivity index (χ4n) is 8.39. The molecule has 14 nitrogen and oxygen atoms in total. The predicted molar refractivity (Wildman–Crippen MR) is 214 cm³/mol. The normalized spacial score (nSPS) is 23.9. The number of carbonyl (C=O) groups is 4. The van der Waals surface area contributed by atoms with Gasteiger partial charge in [-0.15, -0.1) is 0 Å². The van der Waals surface area contributed by atoms with Crippen LogP contribution < -0.4 is 10.6 Å². The van der Waals surface area contributed by atoms with Crippen molar-refractivity contribution in [1.82, 2.24) is 40.4 Å². The number of benzene rings is 2. The Morgan fingerprint density at radius 1 is 0.729 bits per heavy atom. The van der Waals surface area contributed by atoms with Crippen molar-refractivity contribution in [3.8, 4) is 11.8 Å². The number of rotatable bonds is 12. The van der Waals surface area contributed by atoms with Gasteiger partial charge in [-0.05, 0) is 74.3 Å². The number of likely N-dealkylation sites (tertiary alicyclic amines) is 2. The number of amides is 4. The lowest BCUT2D eigenvalue weighted by Gasteiger charge is -2.29. The molecule has 4 amide bonds. The van der Waals surface area contributed by atoms with E-state index in [2.05, 4.69) is 42.4 Å². The number of aromatic nitrogens is 4. The van der Waals surface area contributed by atoms with E-state index in [9.17, 15) is 19.2 Å². The van der Waals surface area contributed by atoms with Crippen LogP contribution in [0.1, 0.15) is 122 Å². The molecule has 9 rings (SSSR count). The molecule has 2 aromatic heterocycles. The van der Waals surface area contributed by atoms with Gasteiger partial charge in [0.2, 0.25) is 29.9 Å². The van der Waals surface area contributed by atoms with Gasteiger partial charge >= 0.3 is 0 Å². The number of nitrogens with zero attached hydrogens (tertiary/aromatic N) is 4. The first-order valence-electron chi connectivity index (χ1n) is 21.0. The van der Waals surface area contributed by atoms with Gasteiger partial charge in [0.25, 0.3) is 0 Å². The summed E-state index contributed by atoms with van der Waals surface area (Å²) in [6, 6.07) is 16.8. The number of ether oxygens (including phenoxy) is 2. The Kier molecular flexibility index (Phi) is 11.3. The van der Waals surface area contributed by atoms with Crippen molar-refractivity contribution in [2.24, 2.45) is 17.8 Å². The van der Waals surface area contributed by atoms with Crippen molar-refractivity contribution < 1.29 is 28.7 Å². The van der Waals surface area contributed by atoms with Gasteiger partial charge in [0.1, 0.15) is 29.4 Å². The number of hydrogen-bond donors (Lipinski definition) is 4. The molecule has 2 aromatic carbocycles. The molecule has 3 saturated heterocycles. The van der Waals surface area contributed by atoms with Crippen molar-refractivity contribution in [3.05, 3.63) is 107 Å². The van der Waals surface area contributed by atoms with Gasteiger partial charge in [-0.1, -0.05) is 66.6 Å². The number of carbonyl (C=O) groups excluding carboxylic acids is 4. The van der Waals surface area contributed by atoms with Gasteiger partial charge in [0.05, 0.1) is 49.3 Å². The predicted octanol–water partition coefficient (Wildman–Crippen LogP) is 5.10. The smallest absolute Gasteiger partial charge is 0.250 e. The summed E-state index contributed by atoms with van der Waals surface area (Å²) in [5, 5.41) is 6.05. The van der Waals surface area contributed by atoms with Crippen molar-refractivity contribution in [2.75, 3.05) is 26.3 Å². The maximum Gasteiger partial charge on any atom is 0.250 e. The number of aromatic amines is 2. The minimum atomic E-state index is -0.758. The van der Waals surface area contributed by atoms with Crippen LogP contribution >= 0.6 is 0 Å². The summed E-state index contributed by atoms with van der Waals surface area (Å²) < 4.78 is 12.2. The molecule has 0 bridgehead atoms. The summed E-state index contributed by atoms with van der Waals surface area (Å²) >= 11 is 0. The fourth-order valence-corrected chi connectivity index (χ4v) is 8.39. The van der Waals surface area contributed by atoms with Gasteiger partial charge in [-0.25, -0.2) is 9.97 Å². The zero-order valence-electron chi connectivity index (χ0n) is 33.0. The molecule has 59 heavy (non-hydrogen) atoms. The average Bonchev–Trinajstić information content (AvgIpc) is 3.97. The first-order chi connectivity index (χ1) is 28.9. The summed E-state index contributed by atoms with van der Waals surface area (Å²) in [6.07, 6.45) is 10.2. The van der Waals surface area contributed by atoms with Gasteiger partial charge in [-0.2, -0.15) is 0 Å². The third-order valence-corrected chi connectivity index (χ3v) is 11.9. The second-order valence-electron chi connectivity index (χ2n) is 16.4. The lowest BCUT2D eigenvalue weighted by molar-refractivity contribution is -0.198. The van der Waals surface area contributed by atoms with Crippen molar-refractivity contribution in [2.45, 2.75) is 88.2 Å². The van der Waals surface area contributed by atoms with E-state index in [1.165, 1.54) is 0 Å². The first kappa shape index (κ1) is 38.7. The Morgan fingerprint density at radius 2 is 1.31 bits per heavy atom. The zero-order chi connectivity index (χ0) is 40.3. The van der Waals surface area contributed by atoms with Gasteiger partial charge in [0, 0.05) is 25.4 Å². The van der Waals surface area contributed by atoms with E-state index >= 15 is 0 Å². The van der Waals surface area contributed by atoms with Crippen molar-refractivity contribution in [3.63, 3.8) is 0 Å². The molecule has 4 atom stereocenters. The maximum absolute atomic E-state index is 14.0. The minimum Gasteiger partial charge on any atom is -0.346 e. The van der Waals surface area contributed by atoms with Crippen LogP contribution in [0.4, 0.5) is 0 Å². The molecule has 306 valence electrons. The van der Waals surface area contributed by atoms with E-state index in [4.69, 9.17) is 9.47 Å². The third-order valence-electron chi connectivity index (χ3n) is 11.9. The molecule has 3 aliphatic heterocycles. The van der Waals surface area contributed by atoms with Crippen LogP contribution in [0.5, 0.6) is 0 Å². The lowest BCUT2D eigenvalue weighted by Crippen LogP contribution is -2.43. The van der Waals surface area contributed by atoms with Crippen LogP contribution in [0.25, 0.3) is 0 Å². The van der Waals surface area contributed by atoms with Gasteiger partial charge < -0.3 is 39.9 Å². The van der Waals surface area contributed by atoms with E-state index in [0.29, 0.717) is 61.7 Å². The summed E-state index contributed by atoms with van der Waals surface area (Å²) in [5.74, 6) is 7.54. The maximum atomic E-state index is 14.0. The molecule has 2 aliphatic carbocycles. The Bertz CT molecular complexity index is 2200. The molecule has 2 saturated carbocycles. The molecule has 5 fully saturated rings. The average molecular weight is 799 g/mol. The van der Waals surface area contributed by atoms with E-state index in [-0.39, 0.29) is 47.5 Å². The van der Waals surface area contributed by atoms with Crippen molar-refractivity contribution in [1.29, 1.82) is 0 Å². The highest BCUT2D eigenvalue weighted by atomic mass is 16.7. The SMILES string of the molecule is O=C(CC1CC1)N[C@H](C(=O)N1CCC[C@H]1c1ncc(C#CC2COC(c3cnc([C@@H]4CCCN4C(=O)[C@@H](NC(=O)C4CC4)c4ccccc4)[nH]3)OC2)[nH]1)c1ccccc1. The van der Waals surface area contributed by atoms with E-state index in [1.54, 1.807) is 12.4 Å². The summed E-state index contributed by atoms with van der Waals surface area (Å²) in [5.41, 5.74) is 2.83. The highest BCUT2D eigenvalue weighted by Gasteiger charge is 2.40. The van der Waals surface area contributed by atoms with Crippen LogP contribution in [-0.2, 0) is 28.7 Å². The Hall–Kier alpha value is -5.78. The highest BCUT2D eigenvalue weighted by molar-refractivity contribution is 5.91. The molecular formula is C45H50N8O6. The standard InChI is InChI=1S/C45H50N8O6/c54-37(23-28-15-16-28)50-38(30-9-3-1-4-10-30)43(56)52-21-7-13-35(52)40-46-24-33(48-40)20-17-29-26-58-45(59-27-29)34-25-47-41(49-34)36-14-8-22-53(36)44(57)39(31-11-5-2-6-12-31)51-42(55)32-18-19-32/h1-6,9-12,24-25,28-29,32,35-36,38-39,45H,7-8,13-16,18-19,21-23,26-27H2,(H,46,48)(H,47,49)(H,50,54)(H,51,55)/t29?,35-,36-,38-,39-,45?/m0/s1. The van der Waals surface area contributed by atoms with Crippen LogP contribution in [0, 0.1) is 29.6 Å². The second kappa shape index (κ2) is 17.2. The number of H-pyrrole nitrogens is 2. The highest BCUT2D eigenvalue weighted by Crippen LogP contribution is 2.37. The molecule has 5 heterocycles. The molecule has 5 aliphatic rings. The first-order valence-corrected chi connectivity index (χ1v) is 21.0. The van der Waals surface area contributed by atoms with E-state index in [0.717, 1.165) is 62.5 Å². The van der Waals surface area contributed by atoms with Crippen LogP contribution in [0.2, 0.25) is 0 Å². The summed E-state index contributed by atoms with van der Waals surface area (Å²) in [6.45, 7) is 1.84. The molecule has 4 N–H and O–H groups in total. The van der Waals surface area contributed by atoms with Crippen LogP contribution in [0.3, 0.4) is 0 Å². The molecule has 4 aromatic rings. The van der Waals surface area contributed by atoms with E-state index < -0.39 is 18.4 Å². The zero-order valence-corrected chi connectivity index (χ0v) is 33.0. The molecule has 0 unspecified atom stereocenters. The van der Waals surface area contributed by atoms with Gasteiger partial charge in [-0.3, -0.25) is 19.2 Å². The Morgan fingerprint density at radius 3 is 1.90 bits per heavy atom. The lowest BCUT2D eigenvalue weighted by atomic mass is 10.0. The number of nitrogens with one attached hydrogen (secondary N) is 4. The minimum absolute atomic E-state index is 0.0140. The van der Waals surface area contributed by atoms with E-state index in [1.807, 2.05) is 70.5 Å². The molecule has 0 radical (unpaired) electrons. The largest absolute Gasteiger partial charge is 0.346 e. The quantitative estimate of drug-likeness (QED) is 0.143. The molecule has 14 heteroatoms. The Balaban J connectivity index is 0.803. The van der Waals surface area contributed by atoms with Crippen LogP contribution in [0.15, 0.2) is 73.1 Å². The summed E-state index contributed by atoms with van der Waals surface area (Å²) in [7, 11) is 0.